The number of aliphatic carboxylic acids is 1. The number of benzene rings is 1. The molecular formula is C14H15N2O3-. The molecule has 1 atom stereocenters. The van der Waals surface area contributed by atoms with Crippen molar-refractivity contribution in [2.24, 2.45) is 0 Å². The molecule has 0 aliphatic heterocycles. The number of amides is 1. The van der Waals surface area contributed by atoms with Crippen molar-refractivity contribution in [3.63, 3.8) is 0 Å². The molecule has 5 heteroatoms. The second-order valence-electron chi connectivity index (χ2n) is 4.47. The van der Waals surface area contributed by atoms with Crippen LogP contribution >= 0.6 is 0 Å². The van der Waals surface area contributed by atoms with Crippen LogP contribution in [0.2, 0.25) is 0 Å². The zero-order chi connectivity index (χ0) is 13.8. The van der Waals surface area contributed by atoms with Gasteiger partial charge in [0.25, 0.3) is 0 Å². The fourth-order valence-corrected chi connectivity index (χ4v) is 1.96. The number of aromatic nitrogens is 1. The van der Waals surface area contributed by atoms with Crippen LogP contribution in [0, 0.1) is 0 Å². The molecule has 5 nitrogen and oxygen atoms in total. The average Bonchev–Trinajstić information content (AvgIpc) is 2.79. The lowest BCUT2D eigenvalue weighted by Gasteiger charge is -2.14. The molecule has 19 heavy (non-hydrogen) atoms. The first-order valence-electron chi connectivity index (χ1n) is 6.13. The van der Waals surface area contributed by atoms with E-state index in [0.29, 0.717) is 6.42 Å². The maximum Gasteiger partial charge on any atom is 0.220 e. The van der Waals surface area contributed by atoms with Crippen LogP contribution in [-0.4, -0.2) is 22.9 Å². The second-order valence-corrected chi connectivity index (χ2v) is 4.47. The third-order valence-electron chi connectivity index (χ3n) is 3.03. The van der Waals surface area contributed by atoms with Gasteiger partial charge in [0, 0.05) is 23.5 Å². The smallest absolute Gasteiger partial charge is 0.220 e. The number of para-hydroxylation sites is 1. The van der Waals surface area contributed by atoms with E-state index < -0.39 is 12.0 Å². The molecule has 2 rings (SSSR count). The van der Waals surface area contributed by atoms with Crippen molar-refractivity contribution in [2.45, 2.75) is 25.8 Å². The maximum absolute atomic E-state index is 11.6. The summed E-state index contributed by atoms with van der Waals surface area (Å²) >= 11 is 0. The second kappa shape index (κ2) is 5.56. The lowest BCUT2D eigenvalue weighted by molar-refractivity contribution is -0.307. The molecule has 2 N–H and O–H groups in total. The fourth-order valence-electron chi connectivity index (χ4n) is 1.96. The Hall–Kier alpha value is -2.30. The van der Waals surface area contributed by atoms with Crippen LogP contribution in [0.25, 0.3) is 10.9 Å². The van der Waals surface area contributed by atoms with Crippen LogP contribution in [0.5, 0.6) is 0 Å². The molecule has 0 fully saturated rings. The molecule has 0 aliphatic rings. The van der Waals surface area contributed by atoms with Gasteiger partial charge in [0.1, 0.15) is 0 Å². The Balaban J connectivity index is 1.95. The summed E-state index contributed by atoms with van der Waals surface area (Å²) in [5, 5.41) is 14.0. The molecule has 0 radical (unpaired) electrons. The molecule has 0 saturated heterocycles. The van der Waals surface area contributed by atoms with E-state index in [1.165, 1.54) is 6.92 Å². The molecule has 1 amide bonds. The minimum atomic E-state index is -1.28. The standard InChI is InChI=1S/C14H16N2O3/c1-9(14(18)19)16-13(17)7-6-10-8-15-12-5-3-2-4-11(10)12/h2-5,8-9,15H,6-7H2,1H3,(H,16,17)(H,18,19)/p-1/t9-/m1/s1. The highest BCUT2D eigenvalue weighted by Crippen LogP contribution is 2.18. The first-order chi connectivity index (χ1) is 9.08. The summed E-state index contributed by atoms with van der Waals surface area (Å²) in [4.78, 5) is 25.2. The normalized spacial score (nSPS) is 12.3. The van der Waals surface area contributed by atoms with Crippen LogP contribution in [-0.2, 0) is 16.0 Å². The Morgan fingerprint density at radius 1 is 1.37 bits per heavy atom. The van der Waals surface area contributed by atoms with E-state index in [9.17, 15) is 14.7 Å². The summed E-state index contributed by atoms with van der Waals surface area (Å²) in [6.07, 6.45) is 2.69. The molecular weight excluding hydrogens is 244 g/mol. The number of rotatable bonds is 5. The van der Waals surface area contributed by atoms with Crippen LogP contribution < -0.4 is 10.4 Å². The van der Waals surface area contributed by atoms with E-state index in [2.05, 4.69) is 10.3 Å². The van der Waals surface area contributed by atoms with Crippen molar-refractivity contribution >= 4 is 22.8 Å². The molecule has 1 aromatic carbocycles. The van der Waals surface area contributed by atoms with E-state index in [4.69, 9.17) is 0 Å². The van der Waals surface area contributed by atoms with Gasteiger partial charge in [-0.05, 0) is 25.0 Å². The molecule has 0 spiro atoms. The van der Waals surface area contributed by atoms with Crippen molar-refractivity contribution in [1.29, 1.82) is 0 Å². The molecule has 2 aromatic rings. The lowest BCUT2D eigenvalue weighted by Crippen LogP contribution is -2.45. The van der Waals surface area contributed by atoms with Crippen LogP contribution in [0.15, 0.2) is 30.5 Å². The summed E-state index contributed by atoms with van der Waals surface area (Å²) in [7, 11) is 0. The number of carboxylic acids is 1. The van der Waals surface area contributed by atoms with Crippen molar-refractivity contribution in [3.8, 4) is 0 Å². The summed E-state index contributed by atoms with van der Waals surface area (Å²) < 4.78 is 0. The first-order valence-corrected chi connectivity index (χ1v) is 6.13. The SMILES string of the molecule is C[C@@H](NC(=O)CCc1c[nH]c2ccccc12)C(=O)[O-]. The largest absolute Gasteiger partial charge is 0.548 e. The van der Waals surface area contributed by atoms with Gasteiger partial charge < -0.3 is 20.2 Å². The number of H-pyrrole nitrogens is 1. The van der Waals surface area contributed by atoms with E-state index in [0.717, 1.165) is 16.5 Å². The molecule has 1 heterocycles. The number of hydrogen-bond acceptors (Lipinski definition) is 3. The zero-order valence-electron chi connectivity index (χ0n) is 10.6. The van der Waals surface area contributed by atoms with Gasteiger partial charge >= 0.3 is 0 Å². The van der Waals surface area contributed by atoms with E-state index in [1.54, 1.807) is 0 Å². The number of aromatic amines is 1. The van der Waals surface area contributed by atoms with E-state index in [1.807, 2.05) is 30.5 Å². The Bertz CT molecular complexity index is 604. The average molecular weight is 259 g/mol. The van der Waals surface area contributed by atoms with E-state index >= 15 is 0 Å². The summed E-state index contributed by atoms with van der Waals surface area (Å²) in [5.74, 6) is -1.57. The number of fused-ring (bicyclic) bond motifs is 1. The molecule has 0 unspecified atom stereocenters. The number of nitrogens with one attached hydrogen (secondary N) is 2. The molecule has 0 aliphatic carbocycles. The Morgan fingerprint density at radius 3 is 2.84 bits per heavy atom. The molecule has 100 valence electrons. The minimum absolute atomic E-state index is 0.249. The van der Waals surface area contributed by atoms with Gasteiger partial charge in [0.05, 0.1) is 12.0 Å². The third kappa shape index (κ3) is 3.13. The van der Waals surface area contributed by atoms with Gasteiger partial charge in [-0.3, -0.25) is 4.79 Å². The molecule has 0 saturated carbocycles. The number of carbonyl (C=O) groups is 2. The van der Waals surface area contributed by atoms with Crippen LogP contribution in [0.1, 0.15) is 18.9 Å². The summed E-state index contributed by atoms with van der Waals surface area (Å²) in [6.45, 7) is 1.39. The van der Waals surface area contributed by atoms with Gasteiger partial charge in [0.15, 0.2) is 0 Å². The summed E-state index contributed by atoms with van der Waals surface area (Å²) in [6, 6.07) is 6.88. The quantitative estimate of drug-likeness (QED) is 0.812. The van der Waals surface area contributed by atoms with Crippen LogP contribution in [0.3, 0.4) is 0 Å². The van der Waals surface area contributed by atoms with Crippen molar-refractivity contribution in [3.05, 3.63) is 36.0 Å². The van der Waals surface area contributed by atoms with Crippen molar-refractivity contribution in [2.75, 3.05) is 0 Å². The predicted octanol–water partition coefficient (Wildman–Crippen LogP) is 0.355. The number of carboxylic acid groups (broad SMARTS) is 1. The number of carbonyl (C=O) groups excluding carboxylic acids is 2. The highest BCUT2D eigenvalue weighted by atomic mass is 16.4. The van der Waals surface area contributed by atoms with Crippen molar-refractivity contribution < 1.29 is 14.7 Å². The van der Waals surface area contributed by atoms with Gasteiger partial charge in [-0.25, -0.2) is 0 Å². The predicted molar refractivity (Wildman–Crippen MR) is 69.2 cm³/mol. The van der Waals surface area contributed by atoms with Crippen molar-refractivity contribution in [1.82, 2.24) is 10.3 Å². The fraction of sp³-hybridized carbons (Fsp3) is 0.286. The molecule has 0 bridgehead atoms. The van der Waals surface area contributed by atoms with Gasteiger partial charge in [0.2, 0.25) is 5.91 Å². The zero-order valence-corrected chi connectivity index (χ0v) is 10.6. The number of aryl methyl sites for hydroxylation is 1. The Labute approximate surface area is 110 Å². The van der Waals surface area contributed by atoms with Crippen LogP contribution in [0.4, 0.5) is 0 Å². The van der Waals surface area contributed by atoms with E-state index in [-0.39, 0.29) is 12.3 Å². The highest BCUT2D eigenvalue weighted by Gasteiger charge is 2.09. The summed E-state index contributed by atoms with van der Waals surface area (Å²) in [5.41, 5.74) is 2.08. The monoisotopic (exact) mass is 259 g/mol. The number of hydrogen-bond donors (Lipinski definition) is 2. The highest BCUT2D eigenvalue weighted by molar-refractivity contribution is 5.85. The maximum atomic E-state index is 11.6. The molecule has 1 aromatic heterocycles. The Morgan fingerprint density at radius 2 is 2.11 bits per heavy atom. The van der Waals surface area contributed by atoms with Gasteiger partial charge in [-0.2, -0.15) is 0 Å². The topological polar surface area (TPSA) is 85.0 Å². The lowest BCUT2D eigenvalue weighted by atomic mass is 10.1. The Kier molecular flexibility index (Phi) is 3.85. The third-order valence-corrected chi connectivity index (χ3v) is 3.03. The first kappa shape index (κ1) is 13.1. The minimum Gasteiger partial charge on any atom is -0.548 e. The van der Waals surface area contributed by atoms with Gasteiger partial charge in [-0.1, -0.05) is 18.2 Å². The van der Waals surface area contributed by atoms with Gasteiger partial charge in [-0.15, -0.1) is 0 Å².